The van der Waals surface area contributed by atoms with Gasteiger partial charge in [-0.3, -0.25) is 4.79 Å². The molecular formula is C16H18FNO3. The molecule has 2 aromatic rings. The Morgan fingerprint density at radius 2 is 2.10 bits per heavy atom. The van der Waals surface area contributed by atoms with E-state index in [9.17, 15) is 14.3 Å². The molecule has 2 rings (SSSR count). The molecule has 0 saturated carbocycles. The maximum atomic E-state index is 13.5. The van der Waals surface area contributed by atoms with Gasteiger partial charge in [-0.1, -0.05) is 18.2 Å². The number of aliphatic hydroxyl groups is 1. The smallest absolute Gasteiger partial charge is 0.224 e. The number of halogens is 1. The number of amides is 1. The molecule has 0 aliphatic heterocycles. The van der Waals surface area contributed by atoms with Crippen molar-refractivity contribution in [2.24, 2.45) is 0 Å². The minimum atomic E-state index is -0.774. The Morgan fingerprint density at radius 3 is 2.76 bits per heavy atom. The van der Waals surface area contributed by atoms with Crippen molar-refractivity contribution in [3.8, 4) is 0 Å². The highest BCUT2D eigenvalue weighted by Gasteiger charge is 2.17. The van der Waals surface area contributed by atoms with Crippen LogP contribution in [-0.4, -0.2) is 17.1 Å². The molecule has 1 aromatic heterocycles. The van der Waals surface area contributed by atoms with Gasteiger partial charge in [0.05, 0.1) is 12.7 Å². The second kappa shape index (κ2) is 7.04. The summed E-state index contributed by atoms with van der Waals surface area (Å²) in [6.45, 7) is 1.78. The lowest BCUT2D eigenvalue weighted by atomic mass is 10.1. The van der Waals surface area contributed by atoms with Crippen molar-refractivity contribution in [1.29, 1.82) is 0 Å². The first-order valence-corrected chi connectivity index (χ1v) is 6.80. The van der Waals surface area contributed by atoms with Gasteiger partial charge >= 0.3 is 0 Å². The predicted octanol–water partition coefficient (Wildman–Crippen LogP) is 2.59. The van der Waals surface area contributed by atoms with Crippen LogP contribution in [-0.2, 0) is 11.2 Å². The molecule has 0 aliphatic rings. The Morgan fingerprint density at radius 1 is 1.33 bits per heavy atom. The van der Waals surface area contributed by atoms with Crippen molar-refractivity contribution >= 4 is 5.91 Å². The molecule has 0 radical (unpaired) electrons. The average molecular weight is 291 g/mol. The van der Waals surface area contributed by atoms with E-state index < -0.39 is 11.9 Å². The third-order valence-electron chi connectivity index (χ3n) is 3.16. The topological polar surface area (TPSA) is 62.5 Å². The molecule has 4 nitrogen and oxygen atoms in total. The van der Waals surface area contributed by atoms with Crippen molar-refractivity contribution in [3.05, 3.63) is 59.8 Å². The number of nitrogens with one attached hydrogen (secondary N) is 1. The van der Waals surface area contributed by atoms with Gasteiger partial charge in [0, 0.05) is 12.5 Å². The lowest BCUT2D eigenvalue weighted by Crippen LogP contribution is -2.34. The van der Waals surface area contributed by atoms with Crippen LogP contribution in [0.2, 0.25) is 0 Å². The van der Waals surface area contributed by atoms with E-state index in [1.807, 2.05) is 0 Å². The number of hydrogen-bond acceptors (Lipinski definition) is 3. The summed E-state index contributed by atoms with van der Waals surface area (Å²) >= 11 is 0. The molecule has 21 heavy (non-hydrogen) atoms. The lowest BCUT2D eigenvalue weighted by Gasteiger charge is -2.16. The zero-order valence-corrected chi connectivity index (χ0v) is 11.8. The van der Waals surface area contributed by atoms with Crippen molar-refractivity contribution in [1.82, 2.24) is 5.32 Å². The molecule has 0 aliphatic carbocycles. The largest absolute Gasteiger partial charge is 0.467 e. The fraction of sp³-hybridized carbons (Fsp3) is 0.312. The van der Waals surface area contributed by atoms with Crippen molar-refractivity contribution in [2.45, 2.75) is 31.9 Å². The molecule has 1 heterocycles. The highest BCUT2D eigenvalue weighted by Crippen LogP contribution is 2.18. The van der Waals surface area contributed by atoms with E-state index in [0.29, 0.717) is 17.7 Å². The molecule has 1 aromatic carbocycles. The van der Waals surface area contributed by atoms with Gasteiger partial charge in [0.2, 0.25) is 5.91 Å². The third kappa shape index (κ3) is 4.43. The lowest BCUT2D eigenvalue weighted by molar-refractivity contribution is -0.121. The molecule has 0 spiro atoms. The molecule has 2 atom stereocenters. The Kier molecular flexibility index (Phi) is 5.11. The summed E-state index contributed by atoms with van der Waals surface area (Å²) in [4.78, 5) is 11.9. The summed E-state index contributed by atoms with van der Waals surface area (Å²) in [7, 11) is 0. The first-order chi connectivity index (χ1) is 10.1. The molecule has 112 valence electrons. The van der Waals surface area contributed by atoms with E-state index in [-0.39, 0.29) is 18.4 Å². The first-order valence-electron chi connectivity index (χ1n) is 6.80. The van der Waals surface area contributed by atoms with Gasteiger partial charge in [-0.15, -0.1) is 0 Å². The number of rotatable bonds is 6. The summed E-state index contributed by atoms with van der Waals surface area (Å²) < 4.78 is 18.6. The molecule has 2 N–H and O–H groups in total. The van der Waals surface area contributed by atoms with Gasteiger partial charge < -0.3 is 14.8 Å². The highest BCUT2D eigenvalue weighted by atomic mass is 19.1. The molecular weight excluding hydrogens is 273 g/mol. The van der Waals surface area contributed by atoms with Gasteiger partial charge in [-0.25, -0.2) is 4.39 Å². The van der Waals surface area contributed by atoms with Crippen LogP contribution in [0.25, 0.3) is 0 Å². The second-order valence-corrected chi connectivity index (χ2v) is 5.00. The molecule has 2 unspecified atom stereocenters. The number of hydrogen-bond donors (Lipinski definition) is 2. The average Bonchev–Trinajstić information content (AvgIpc) is 2.95. The van der Waals surface area contributed by atoms with E-state index in [4.69, 9.17) is 4.42 Å². The van der Waals surface area contributed by atoms with Gasteiger partial charge in [-0.2, -0.15) is 0 Å². The Bertz CT molecular complexity index is 583. The van der Waals surface area contributed by atoms with Crippen LogP contribution in [0.4, 0.5) is 4.39 Å². The quantitative estimate of drug-likeness (QED) is 0.860. The summed E-state index contributed by atoms with van der Waals surface area (Å²) in [6.07, 6.45) is 1.02. The third-order valence-corrected chi connectivity index (χ3v) is 3.16. The van der Waals surface area contributed by atoms with Gasteiger partial charge in [0.25, 0.3) is 0 Å². The minimum Gasteiger partial charge on any atom is -0.467 e. The summed E-state index contributed by atoms with van der Waals surface area (Å²) in [5.41, 5.74) is 0.355. The number of aliphatic hydroxyl groups excluding tert-OH is 1. The van der Waals surface area contributed by atoms with Crippen LogP contribution >= 0.6 is 0 Å². The van der Waals surface area contributed by atoms with E-state index >= 15 is 0 Å². The zero-order chi connectivity index (χ0) is 15.2. The van der Waals surface area contributed by atoms with Crippen LogP contribution < -0.4 is 5.32 Å². The maximum absolute atomic E-state index is 13.5. The van der Waals surface area contributed by atoms with E-state index in [2.05, 4.69) is 5.32 Å². The Balaban J connectivity index is 1.83. The Labute approximate surface area is 122 Å². The first kappa shape index (κ1) is 15.3. The van der Waals surface area contributed by atoms with Gasteiger partial charge in [0.15, 0.2) is 0 Å². The Hall–Kier alpha value is -2.14. The second-order valence-electron chi connectivity index (χ2n) is 5.00. The molecule has 0 fully saturated rings. The molecule has 0 bridgehead atoms. The summed E-state index contributed by atoms with van der Waals surface area (Å²) in [6, 6.07) is 9.31. The van der Waals surface area contributed by atoms with Crippen LogP contribution in [0.5, 0.6) is 0 Å². The van der Waals surface area contributed by atoms with Crippen LogP contribution in [0, 0.1) is 5.82 Å². The summed E-state index contributed by atoms with van der Waals surface area (Å²) in [5, 5.41) is 12.7. The number of furan rings is 1. The van der Waals surface area contributed by atoms with Crippen LogP contribution in [0.3, 0.4) is 0 Å². The number of carbonyl (C=O) groups excluding carboxylic acids is 1. The van der Waals surface area contributed by atoms with E-state index in [1.165, 1.54) is 12.3 Å². The van der Waals surface area contributed by atoms with E-state index in [0.717, 1.165) is 0 Å². The van der Waals surface area contributed by atoms with Crippen molar-refractivity contribution in [2.75, 3.05) is 0 Å². The van der Waals surface area contributed by atoms with Crippen LogP contribution in [0.15, 0.2) is 47.1 Å². The maximum Gasteiger partial charge on any atom is 0.224 e. The standard InChI is InChI=1S/C16H18FNO3/c1-11(9-14(19)15-7-4-8-21-15)18-16(20)10-12-5-2-3-6-13(12)17/h2-8,11,14,19H,9-10H2,1H3,(H,18,20). The number of carbonyl (C=O) groups is 1. The fourth-order valence-corrected chi connectivity index (χ4v) is 2.13. The fourth-order valence-electron chi connectivity index (χ4n) is 2.13. The monoisotopic (exact) mass is 291 g/mol. The molecule has 5 heteroatoms. The molecule has 0 saturated heterocycles. The summed E-state index contributed by atoms with van der Waals surface area (Å²) in [5.74, 6) is -0.208. The van der Waals surface area contributed by atoms with Crippen molar-refractivity contribution in [3.63, 3.8) is 0 Å². The SMILES string of the molecule is CC(CC(O)c1ccco1)NC(=O)Cc1ccccc1F. The van der Waals surface area contributed by atoms with E-state index in [1.54, 1.807) is 37.3 Å². The highest BCUT2D eigenvalue weighted by molar-refractivity contribution is 5.78. The van der Waals surface area contributed by atoms with Gasteiger partial charge in [-0.05, 0) is 30.7 Å². The van der Waals surface area contributed by atoms with Crippen molar-refractivity contribution < 1.29 is 18.7 Å². The normalized spacial score (nSPS) is 13.7. The zero-order valence-electron chi connectivity index (χ0n) is 11.8. The minimum absolute atomic E-state index is 0.0200. The number of benzene rings is 1. The van der Waals surface area contributed by atoms with Gasteiger partial charge in [0.1, 0.15) is 17.7 Å². The predicted molar refractivity (Wildman–Crippen MR) is 76.0 cm³/mol. The molecule has 1 amide bonds. The van der Waals surface area contributed by atoms with Crippen LogP contribution in [0.1, 0.15) is 30.8 Å².